The molecule has 0 radical (unpaired) electrons. The molecule has 2 heterocycles. The summed E-state index contributed by atoms with van der Waals surface area (Å²) in [5, 5.41) is 6.22. The van der Waals surface area contributed by atoms with Gasteiger partial charge in [-0.3, -0.25) is 4.90 Å². The molecule has 1 atom stereocenters. The van der Waals surface area contributed by atoms with Crippen molar-refractivity contribution < 1.29 is 23.8 Å². The zero-order valence-corrected chi connectivity index (χ0v) is 19.7. The number of ether oxygens (including phenoxy) is 3. The van der Waals surface area contributed by atoms with Crippen molar-refractivity contribution in [1.29, 1.82) is 0 Å². The quantitative estimate of drug-likeness (QED) is 0.606. The van der Waals surface area contributed by atoms with Crippen molar-refractivity contribution in [1.82, 2.24) is 4.90 Å². The summed E-state index contributed by atoms with van der Waals surface area (Å²) < 4.78 is 15.8. The maximum Gasteiger partial charge on any atom is 0.376 e. The zero-order valence-electron chi connectivity index (χ0n) is 19.7. The van der Waals surface area contributed by atoms with Crippen LogP contribution in [0.4, 0.5) is 5.69 Å². The maximum atomic E-state index is 13.1. The minimum Gasteiger partial charge on any atom is -0.497 e. The van der Waals surface area contributed by atoms with Crippen LogP contribution in [0, 0.1) is 6.92 Å². The highest BCUT2D eigenvalue weighted by Crippen LogP contribution is 2.41. The van der Waals surface area contributed by atoms with Gasteiger partial charge in [-0.2, -0.15) is 5.01 Å². The lowest BCUT2D eigenvalue weighted by atomic mass is 9.94. The van der Waals surface area contributed by atoms with Crippen LogP contribution in [0.15, 0.2) is 69.9 Å². The number of anilines is 1. The van der Waals surface area contributed by atoms with E-state index in [-0.39, 0.29) is 12.4 Å². The molecule has 2 aromatic rings. The van der Waals surface area contributed by atoms with E-state index < -0.39 is 18.0 Å². The van der Waals surface area contributed by atoms with Gasteiger partial charge >= 0.3 is 11.9 Å². The van der Waals surface area contributed by atoms with Crippen molar-refractivity contribution in [3.63, 3.8) is 0 Å². The minimum absolute atomic E-state index is 0.0191. The van der Waals surface area contributed by atoms with Gasteiger partial charge in [-0.1, -0.05) is 30.3 Å². The summed E-state index contributed by atoms with van der Waals surface area (Å²) in [5.41, 5.74) is 3.16. The van der Waals surface area contributed by atoms with Crippen molar-refractivity contribution in [3.8, 4) is 5.75 Å². The lowest BCUT2D eigenvalue weighted by Crippen LogP contribution is -2.47. The van der Waals surface area contributed by atoms with E-state index in [1.54, 1.807) is 36.9 Å². The molecule has 0 N–H and O–H groups in total. The zero-order chi connectivity index (χ0) is 24.4. The van der Waals surface area contributed by atoms with Gasteiger partial charge < -0.3 is 14.2 Å². The molecule has 0 aliphatic carbocycles. The summed E-state index contributed by atoms with van der Waals surface area (Å²) >= 11 is 0. The largest absolute Gasteiger partial charge is 0.497 e. The van der Waals surface area contributed by atoms with Crippen LogP contribution in [0.25, 0.3) is 0 Å². The van der Waals surface area contributed by atoms with Crippen molar-refractivity contribution in [2.45, 2.75) is 26.8 Å². The number of rotatable bonds is 6. The molecule has 0 spiro atoms. The number of fused-ring (bicyclic) bond motifs is 1. The smallest absolute Gasteiger partial charge is 0.376 e. The van der Waals surface area contributed by atoms with Crippen LogP contribution in [0.1, 0.15) is 31.0 Å². The predicted octanol–water partition coefficient (Wildman–Crippen LogP) is 3.56. The second-order valence-corrected chi connectivity index (χ2v) is 7.69. The molecule has 9 heteroatoms. The highest BCUT2D eigenvalue weighted by Gasteiger charge is 2.47. The molecule has 2 aliphatic rings. The van der Waals surface area contributed by atoms with Gasteiger partial charge in [0.2, 0.25) is 11.8 Å². The van der Waals surface area contributed by atoms with Crippen molar-refractivity contribution in [2.75, 3.05) is 25.8 Å². The maximum absolute atomic E-state index is 13.1. The topological polar surface area (TPSA) is 93.0 Å². The van der Waals surface area contributed by atoms with Crippen LogP contribution in [0.5, 0.6) is 5.75 Å². The average molecular weight is 463 g/mol. The molecular weight excluding hydrogens is 436 g/mol. The van der Waals surface area contributed by atoms with E-state index in [2.05, 4.69) is 5.10 Å². The van der Waals surface area contributed by atoms with E-state index in [1.165, 1.54) is 7.11 Å². The number of hydrogen-bond donors (Lipinski definition) is 0. The number of carbonyl (C=O) groups excluding carboxylic acids is 2. The van der Waals surface area contributed by atoms with Gasteiger partial charge in [-0.05, 0) is 50.1 Å². The number of aryl methyl sites for hydroxylation is 1. The third-order valence-corrected chi connectivity index (χ3v) is 5.63. The Morgan fingerprint density at radius 2 is 1.79 bits per heavy atom. The molecule has 2 aliphatic heterocycles. The molecule has 0 saturated carbocycles. The number of hydrogen-bond acceptors (Lipinski definition) is 9. The number of benzene rings is 2. The number of methoxy groups -OCH3 is 2. The fraction of sp³-hybridized carbons (Fsp3) is 0.280. The minimum atomic E-state index is -0.743. The monoisotopic (exact) mass is 462 g/mol. The van der Waals surface area contributed by atoms with Crippen LogP contribution >= 0.6 is 0 Å². The summed E-state index contributed by atoms with van der Waals surface area (Å²) in [7, 11) is 2.88. The molecular formula is C25H26N4O5. The molecule has 4 rings (SSSR count). The first-order chi connectivity index (χ1) is 16.4. The van der Waals surface area contributed by atoms with Crippen LogP contribution < -0.4 is 9.75 Å². The van der Waals surface area contributed by atoms with Gasteiger partial charge in [0, 0.05) is 0 Å². The Hall–Kier alpha value is -4.14. The van der Waals surface area contributed by atoms with E-state index in [4.69, 9.17) is 19.2 Å². The predicted molar refractivity (Wildman–Crippen MR) is 127 cm³/mol. The Morgan fingerprint density at radius 3 is 2.47 bits per heavy atom. The molecule has 0 fully saturated rings. The molecule has 34 heavy (non-hydrogen) atoms. The van der Waals surface area contributed by atoms with Gasteiger partial charge in [-0.25, -0.2) is 14.6 Å². The van der Waals surface area contributed by atoms with Gasteiger partial charge in [0.15, 0.2) is 0 Å². The second kappa shape index (κ2) is 9.38. The highest BCUT2D eigenvalue weighted by atomic mass is 16.5. The number of hydrazone groups is 1. The van der Waals surface area contributed by atoms with Crippen LogP contribution in [-0.2, 0) is 19.1 Å². The molecule has 0 unspecified atom stereocenters. The normalized spacial score (nSPS) is 17.1. The van der Waals surface area contributed by atoms with Crippen molar-refractivity contribution >= 4 is 29.4 Å². The summed E-state index contributed by atoms with van der Waals surface area (Å²) in [6, 6.07) is 14.2. The van der Waals surface area contributed by atoms with Gasteiger partial charge in [0.05, 0.1) is 43.8 Å². The number of nitrogens with zero attached hydrogens (tertiary/aromatic N) is 4. The Morgan fingerprint density at radius 1 is 1.03 bits per heavy atom. The molecule has 176 valence electrons. The lowest BCUT2D eigenvalue weighted by Gasteiger charge is -2.35. The van der Waals surface area contributed by atoms with E-state index >= 15 is 0 Å². The fourth-order valence-electron chi connectivity index (χ4n) is 4.05. The Kier molecular flexibility index (Phi) is 6.36. The molecule has 9 nitrogen and oxygen atoms in total. The van der Waals surface area contributed by atoms with Crippen LogP contribution in [0.3, 0.4) is 0 Å². The average Bonchev–Trinajstić information content (AvgIpc) is 3.22. The molecule has 0 bridgehead atoms. The van der Waals surface area contributed by atoms with Gasteiger partial charge in [-0.15, -0.1) is 5.10 Å². The summed E-state index contributed by atoms with van der Waals surface area (Å²) in [4.78, 5) is 32.3. The number of carbonyl (C=O) groups is 2. The summed E-state index contributed by atoms with van der Waals surface area (Å²) in [5.74, 6) is -0.164. The van der Waals surface area contributed by atoms with Crippen molar-refractivity contribution in [2.24, 2.45) is 10.1 Å². The SMILES string of the molecule is CCOC(=O)C1=NN(c2ccccc2C)C2=NC(C)=C(C(=O)OC)[C@H](c3cccc(OC)c3)N12. The molecule has 0 amide bonds. The van der Waals surface area contributed by atoms with E-state index in [0.717, 1.165) is 11.3 Å². The Balaban J connectivity index is 1.97. The molecule has 2 aromatic carbocycles. The third-order valence-electron chi connectivity index (χ3n) is 5.63. The Labute approximate surface area is 197 Å². The fourth-order valence-corrected chi connectivity index (χ4v) is 4.05. The second-order valence-electron chi connectivity index (χ2n) is 7.69. The van der Waals surface area contributed by atoms with Gasteiger partial charge in [0.25, 0.3) is 0 Å². The number of allylic oxidation sites excluding steroid dienone is 1. The van der Waals surface area contributed by atoms with E-state index in [1.807, 2.05) is 49.4 Å². The first-order valence-corrected chi connectivity index (χ1v) is 10.8. The van der Waals surface area contributed by atoms with E-state index in [0.29, 0.717) is 28.5 Å². The van der Waals surface area contributed by atoms with Crippen LogP contribution in [0.2, 0.25) is 0 Å². The number of aliphatic imine (C=N–C) groups is 1. The number of guanidine groups is 1. The summed E-state index contributed by atoms with van der Waals surface area (Å²) in [6.45, 7) is 5.58. The Bertz CT molecular complexity index is 1230. The number of amidine groups is 1. The standard InChI is InChI=1S/C25H26N4O5/c1-6-34-24(31)22-27-29(19-13-8-7-10-15(19)2)25-26-16(3)20(23(30)33-5)21(28(22)25)17-11-9-12-18(14-17)32-4/h7-14,21H,6H2,1-5H3/t21-/m0/s1. The first kappa shape index (κ1) is 23.0. The van der Waals surface area contributed by atoms with Crippen LogP contribution in [-0.4, -0.2) is 49.5 Å². The lowest BCUT2D eigenvalue weighted by molar-refractivity contribution is -0.138. The number of esters is 2. The van der Waals surface area contributed by atoms with Crippen molar-refractivity contribution in [3.05, 3.63) is 70.9 Å². The highest BCUT2D eigenvalue weighted by molar-refractivity contribution is 6.41. The number of para-hydroxylation sites is 1. The van der Waals surface area contributed by atoms with Gasteiger partial charge in [0.1, 0.15) is 5.75 Å². The summed E-state index contributed by atoms with van der Waals surface area (Å²) in [6.07, 6.45) is 0. The van der Waals surface area contributed by atoms with E-state index in [9.17, 15) is 9.59 Å². The molecule has 0 saturated heterocycles. The molecule has 0 aromatic heterocycles. The third kappa shape index (κ3) is 3.89. The first-order valence-electron chi connectivity index (χ1n) is 10.8.